The summed E-state index contributed by atoms with van der Waals surface area (Å²) in [5.41, 5.74) is 3.18. The molecule has 4 heteroatoms. The molecule has 4 nitrogen and oxygen atoms in total. The van der Waals surface area contributed by atoms with Crippen LogP contribution < -0.4 is 4.90 Å². The van der Waals surface area contributed by atoms with E-state index in [4.69, 9.17) is 0 Å². The van der Waals surface area contributed by atoms with Crippen LogP contribution in [-0.2, 0) is 0 Å². The van der Waals surface area contributed by atoms with Gasteiger partial charge in [-0.1, -0.05) is 36.4 Å². The molecule has 122 valence electrons. The lowest BCUT2D eigenvalue weighted by molar-refractivity contribution is 0.111. The van der Waals surface area contributed by atoms with E-state index in [1.807, 2.05) is 18.2 Å². The summed E-state index contributed by atoms with van der Waals surface area (Å²) in [6.45, 7) is 0. The van der Waals surface area contributed by atoms with E-state index in [1.165, 1.54) is 0 Å². The molecule has 0 bridgehead atoms. The third-order valence-corrected chi connectivity index (χ3v) is 3.91. The van der Waals surface area contributed by atoms with E-state index in [1.54, 1.807) is 59.5 Å². The maximum absolute atomic E-state index is 11.5. The highest BCUT2D eigenvalue weighted by Crippen LogP contribution is 2.38. The molecule has 0 aromatic heterocycles. The van der Waals surface area contributed by atoms with Gasteiger partial charge in [-0.05, 0) is 36.4 Å². The Kier molecular flexibility index (Phi) is 4.81. The number of benzene rings is 3. The van der Waals surface area contributed by atoms with E-state index in [-0.39, 0.29) is 0 Å². The highest BCUT2D eigenvalue weighted by molar-refractivity contribution is 5.98. The van der Waals surface area contributed by atoms with Crippen molar-refractivity contribution in [1.82, 2.24) is 0 Å². The Bertz CT molecular complexity index is 811. The van der Waals surface area contributed by atoms with E-state index in [0.29, 0.717) is 33.8 Å². The maximum atomic E-state index is 11.5. The summed E-state index contributed by atoms with van der Waals surface area (Å²) < 4.78 is 0. The zero-order valence-electron chi connectivity index (χ0n) is 13.3. The standard InChI is InChI=1S/C21H15NO3/c23-13-16-7-1-4-10-19(16)22(20-11-5-2-8-17(20)14-24)21-12-6-3-9-18(21)15-25/h1-15H. The average molecular weight is 329 g/mol. The second-order valence-corrected chi connectivity index (χ2v) is 5.37. The average Bonchev–Trinajstić information content (AvgIpc) is 2.69. The van der Waals surface area contributed by atoms with E-state index in [2.05, 4.69) is 0 Å². The highest BCUT2D eigenvalue weighted by Gasteiger charge is 2.20. The number of para-hydroxylation sites is 3. The summed E-state index contributed by atoms with van der Waals surface area (Å²) in [7, 11) is 0. The van der Waals surface area contributed by atoms with Gasteiger partial charge in [0.05, 0.1) is 17.1 Å². The van der Waals surface area contributed by atoms with Crippen LogP contribution in [0.4, 0.5) is 17.1 Å². The predicted molar refractivity (Wildman–Crippen MR) is 97.3 cm³/mol. The normalized spacial score (nSPS) is 10.1. The largest absolute Gasteiger partial charge is 0.308 e. The molecule has 0 aliphatic heterocycles. The van der Waals surface area contributed by atoms with Crippen molar-refractivity contribution >= 4 is 35.9 Å². The lowest BCUT2D eigenvalue weighted by Crippen LogP contribution is -2.15. The topological polar surface area (TPSA) is 54.5 Å². The van der Waals surface area contributed by atoms with Crippen molar-refractivity contribution in [2.75, 3.05) is 4.90 Å². The minimum absolute atomic E-state index is 0.462. The predicted octanol–water partition coefficient (Wildman–Crippen LogP) is 4.59. The molecule has 3 rings (SSSR count). The van der Waals surface area contributed by atoms with Crippen LogP contribution in [0.15, 0.2) is 72.8 Å². The summed E-state index contributed by atoms with van der Waals surface area (Å²) in [5.74, 6) is 0. The molecule has 3 aromatic rings. The van der Waals surface area contributed by atoms with Crippen LogP contribution in [-0.4, -0.2) is 18.9 Å². The summed E-state index contributed by atoms with van der Waals surface area (Å²) in [6.07, 6.45) is 2.28. The Hall–Kier alpha value is -3.53. The van der Waals surface area contributed by atoms with E-state index in [9.17, 15) is 14.4 Å². The van der Waals surface area contributed by atoms with Gasteiger partial charge in [0.25, 0.3) is 0 Å². The minimum atomic E-state index is 0.462. The van der Waals surface area contributed by atoms with Gasteiger partial charge in [-0.2, -0.15) is 0 Å². The first-order chi connectivity index (χ1) is 12.3. The van der Waals surface area contributed by atoms with E-state index >= 15 is 0 Å². The number of carbonyl (C=O) groups is 3. The van der Waals surface area contributed by atoms with Crippen molar-refractivity contribution in [2.24, 2.45) is 0 Å². The molecule has 0 fully saturated rings. The van der Waals surface area contributed by atoms with Crippen LogP contribution in [0.1, 0.15) is 31.1 Å². The second-order valence-electron chi connectivity index (χ2n) is 5.37. The number of anilines is 3. The van der Waals surface area contributed by atoms with Crippen LogP contribution in [0, 0.1) is 0 Å². The first kappa shape index (κ1) is 16.3. The van der Waals surface area contributed by atoms with Crippen molar-refractivity contribution < 1.29 is 14.4 Å². The van der Waals surface area contributed by atoms with Crippen molar-refractivity contribution in [3.05, 3.63) is 89.5 Å². The summed E-state index contributed by atoms with van der Waals surface area (Å²) >= 11 is 0. The molecule has 0 heterocycles. The third-order valence-electron chi connectivity index (χ3n) is 3.91. The first-order valence-corrected chi connectivity index (χ1v) is 7.73. The molecule has 0 spiro atoms. The Labute approximate surface area is 145 Å². The molecule has 0 N–H and O–H groups in total. The molecule has 0 aliphatic carbocycles. The molecule has 0 unspecified atom stereocenters. The quantitative estimate of drug-likeness (QED) is 0.621. The first-order valence-electron chi connectivity index (χ1n) is 7.73. The highest BCUT2D eigenvalue weighted by atomic mass is 16.1. The van der Waals surface area contributed by atoms with Gasteiger partial charge in [0, 0.05) is 16.7 Å². The van der Waals surface area contributed by atoms with Crippen LogP contribution in [0.5, 0.6) is 0 Å². The van der Waals surface area contributed by atoms with Gasteiger partial charge in [0.1, 0.15) is 0 Å². The third kappa shape index (κ3) is 3.10. The molecule has 0 saturated heterocycles. The fourth-order valence-electron chi connectivity index (χ4n) is 2.76. The Balaban J connectivity index is 2.34. The lowest BCUT2D eigenvalue weighted by Gasteiger charge is -2.28. The smallest absolute Gasteiger partial charge is 0.152 e. The fourth-order valence-corrected chi connectivity index (χ4v) is 2.76. The molecule has 3 aromatic carbocycles. The van der Waals surface area contributed by atoms with Crippen molar-refractivity contribution in [2.45, 2.75) is 0 Å². The van der Waals surface area contributed by atoms with Gasteiger partial charge >= 0.3 is 0 Å². The van der Waals surface area contributed by atoms with Gasteiger partial charge in [-0.15, -0.1) is 0 Å². The minimum Gasteiger partial charge on any atom is -0.308 e. The monoisotopic (exact) mass is 329 g/mol. The van der Waals surface area contributed by atoms with Crippen LogP contribution in [0.3, 0.4) is 0 Å². The van der Waals surface area contributed by atoms with Crippen LogP contribution in [0.25, 0.3) is 0 Å². The Morgan fingerprint density at radius 3 is 1.04 bits per heavy atom. The molecular weight excluding hydrogens is 314 g/mol. The summed E-state index contributed by atoms with van der Waals surface area (Å²) in [6, 6.07) is 21.2. The fraction of sp³-hybridized carbons (Fsp3) is 0. The zero-order valence-corrected chi connectivity index (χ0v) is 13.3. The molecule has 0 saturated carbocycles. The summed E-state index contributed by atoms with van der Waals surface area (Å²) in [4.78, 5) is 36.4. The molecule has 0 aliphatic rings. The maximum Gasteiger partial charge on any atom is 0.152 e. The Morgan fingerprint density at radius 1 is 0.480 bits per heavy atom. The molecular formula is C21H15NO3. The number of hydrogen-bond acceptors (Lipinski definition) is 4. The summed E-state index contributed by atoms with van der Waals surface area (Å²) in [5, 5.41) is 0. The van der Waals surface area contributed by atoms with Crippen molar-refractivity contribution in [1.29, 1.82) is 0 Å². The molecule has 25 heavy (non-hydrogen) atoms. The number of hydrogen-bond donors (Lipinski definition) is 0. The number of rotatable bonds is 6. The van der Waals surface area contributed by atoms with Crippen molar-refractivity contribution in [3.63, 3.8) is 0 Å². The van der Waals surface area contributed by atoms with Crippen molar-refractivity contribution in [3.8, 4) is 0 Å². The zero-order chi connectivity index (χ0) is 17.6. The van der Waals surface area contributed by atoms with Crippen LogP contribution >= 0.6 is 0 Å². The van der Waals surface area contributed by atoms with Gasteiger partial charge in [-0.3, -0.25) is 14.4 Å². The van der Waals surface area contributed by atoms with Gasteiger partial charge in [0.2, 0.25) is 0 Å². The number of carbonyl (C=O) groups excluding carboxylic acids is 3. The van der Waals surface area contributed by atoms with Crippen LogP contribution in [0.2, 0.25) is 0 Å². The van der Waals surface area contributed by atoms with Gasteiger partial charge in [-0.25, -0.2) is 0 Å². The molecule has 0 radical (unpaired) electrons. The molecule has 0 amide bonds. The number of aldehydes is 3. The van der Waals surface area contributed by atoms with Gasteiger partial charge in [0.15, 0.2) is 18.9 Å². The SMILES string of the molecule is O=Cc1ccccc1N(c1ccccc1C=O)c1ccccc1C=O. The van der Waals surface area contributed by atoms with E-state index in [0.717, 1.165) is 18.9 Å². The number of nitrogens with zero attached hydrogens (tertiary/aromatic N) is 1. The van der Waals surface area contributed by atoms with E-state index < -0.39 is 0 Å². The van der Waals surface area contributed by atoms with Gasteiger partial charge < -0.3 is 4.90 Å². The Morgan fingerprint density at radius 2 is 0.760 bits per heavy atom. The second kappa shape index (κ2) is 7.36. The lowest BCUT2D eigenvalue weighted by atomic mass is 10.1. The molecule has 0 atom stereocenters.